The Balaban J connectivity index is 2.01. The quantitative estimate of drug-likeness (QED) is 0.408. The smallest absolute Gasteiger partial charge is 0.277 e. The number of non-ortho nitro benzene ring substituents is 1. The van der Waals surface area contributed by atoms with Crippen LogP contribution in [-0.4, -0.2) is 35.4 Å². The predicted molar refractivity (Wildman–Crippen MR) is 103 cm³/mol. The van der Waals surface area contributed by atoms with Gasteiger partial charge in [-0.25, -0.2) is 5.43 Å². The lowest BCUT2D eigenvalue weighted by molar-refractivity contribution is -0.385. The van der Waals surface area contributed by atoms with Crippen molar-refractivity contribution in [1.82, 2.24) is 5.43 Å². The van der Waals surface area contributed by atoms with Gasteiger partial charge in [0, 0.05) is 11.6 Å². The van der Waals surface area contributed by atoms with E-state index in [4.69, 9.17) is 9.47 Å². The van der Waals surface area contributed by atoms with Crippen LogP contribution < -0.4 is 14.9 Å². The van der Waals surface area contributed by atoms with Crippen LogP contribution in [0.25, 0.3) is 0 Å². The fourth-order valence-electron chi connectivity index (χ4n) is 2.24. The van der Waals surface area contributed by atoms with Gasteiger partial charge in [-0.1, -0.05) is 6.07 Å². The van der Waals surface area contributed by atoms with Crippen molar-refractivity contribution in [2.24, 2.45) is 5.10 Å². The van der Waals surface area contributed by atoms with Gasteiger partial charge in [-0.05, 0) is 44.0 Å². The number of hydrogen-bond donors (Lipinski definition) is 2. The molecule has 1 amide bonds. The maximum atomic E-state index is 11.8. The fourth-order valence-corrected chi connectivity index (χ4v) is 2.24. The zero-order valence-corrected chi connectivity index (χ0v) is 15.8. The standard InChI is InChI=1S/C19H21N3O6/c1-4-27-17-9-15(22(25)26)8-14(19(17)24)10-20-21-18(23)11-28-16-6-5-12(2)13(3)7-16/h5-10,24H,4,11H2,1-3H3,(H,21,23)/b20-10-. The Morgan fingerprint density at radius 1 is 1.25 bits per heavy atom. The third kappa shape index (κ3) is 5.44. The van der Waals surface area contributed by atoms with E-state index < -0.39 is 10.8 Å². The SMILES string of the molecule is CCOc1cc([N+](=O)[O-])cc(/C=N\NC(=O)COc2ccc(C)c(C)c2)c1O. The lowest BCUT2D eigenvalue weighted by Crippen LogP contribution is -2.24. The summed E-state index contributed by atoms with van der Waals surface area (Å²) in [5.41, 5.74) is 4.16. The van der Waals surface area contributed by atoms with Crippen molar-refractivity contribution in [1.29, 1.82) is 0 Å². The average Bonchev–Trinajstić information content (AvgIpc) is 2.65. The summed E-state index contributed by atoms with van der Waals surface area (Å²) < 4.78 is 10.6. The summed E-state index contributed by atoms with van der Waals surface area (Å²) in [5.74, 6) is -0.316. The monoisotopic (exact) mass is 387 g/mol. The lowest BCUT2D eigenvalue weighted by Gasteiger charge is -2.08. The molecule has 0 aliphatic heterocycles. The largest absolute Gasteiger partial charge is 0.504 e. The van der Waals surface area contributed by atoms with E-state index in [-0.39, 0.29) is 36.0 Å². The van der Waals surface area contributed by atoms with Crippen LogP contribution in [-0.2, 0) is 4.79 Å². The summed E-state index contributed by atoms with van der Waals surface area (Å²) in [5, 5.41) is 24.8. The molecular formula is C19H21N3O6. The molecule has 9 heteroatoms. The van der Waals surface area contributed by atoms with Gasteiger partial charge in [-0.15, -0.1) is 0 Å². The molecule has 2 N–H and O–H groups in total. The molecule has 2 aromatic rings. The Morgan fingerprint density at radius 3 is 2.64 bits per heavy atom. The van der Waals surface area contributed by atoms with Crippen LogP contribution in [0.2, 0.25) is 0 Å². The maximum absolute atomic E-state index is 11.8. The van der Waals surface area contributed by atoms with Crippen molar-refractivity contribution in [3.05, 3.63) is 57.1 Å². The van der Waals surface area contributed by atoms with Gasteiger partial charge in [0.05, 0.1) is 23.8 Å². The van der Waals surface area contributed by atoms with E-state index in [9.17, 15) is 20.0 Å². The van der Waals surface area contributed by atoms with Crippen LogP contribution in [0.5, 0.6) is 17.2 Å². The molecule has 0 aliphatic rings. The van der Waals surface area contributed by atoms with Crippen molar-refractivity contribution in [2.45, 2.75) is 20.8 Å². The summed E-state index contributed by atoms with van der Waals surface area (Å²) in [6, 6.07) is 7.71. The van der Waals surface area contributed by atoms with E-state index >= 15 is 0 Å². The van der Waals surface area contributed by atoms with Crippen molar-refractivity contribution in [3.63, 3.8) is 0 Å². The highest BCUT2D eigenvalue weighted by molar-refractivity contribution is 5.87. The van der Waals surface area contributed by atoms with Crippen LogP contribution in [0.4, 0.5) is 5.69 Å². The first-order valence-electron chi connectivity index (χ1n) is 8.48. The number of nitro groups is 1. The molecule has 0 aliphatic carbocycles. The van der Waals surface area contributed by atoms with Gasteiger partial charge < -0.3 is 14.6 Å². The van der Waals surface area contributed by atoms with Gasteiger partial charge in [0.1, 0.15) is 5.75 Å². The van der Waals surface area contributed by atoms with Crippen LogP contribution in [0, 0.1) is 24.0 Å². The highest BCUT2D eigenvalue weighted by atomic mass is 16.6. The Bertz CT molecular complexity index is 911. The van der Waals surface area contributed by atoms with E-state index in [1.54, 1.807) is 13.0 Å². The summed E-state index contributed by atoms with van der Waals surface area (Å²) in [6.07, 6.45) is 1.10. The Morgan fingerprint density at radius 2 is 2.00 bits per heavy atom. The number of rotatable bonds is 8. The van der Waals surface area contributed by atoms with E-state index in [2.05, 4.69) is 10.5 Å². The van der Waals surface area contributed by atoms with Crippen LogP contribution >= 0.6 is 0 Å². The second-order valence-corrected chi connectivity index (χ2v) is 5.90. The van der Waals surface area contributed by atoms with Gasteiger partial charge in [-0.3, -0.25) is 14.9 Å². The van der Waals surface area contributed by atoms with Gasteiger partial charge in [0.15, 0.2) is 18.1 Å². The van der Waals surface area contributed by atoms with Crippen molar-refractivity contribution >= 4 is 17.8 Å². The minimum absolute atomic E-state index is 0.0352. The zero-order valence-electron chi connectivity index (χ0n) is 15.8. The van der Waals surface area contributed by atoms with Gasteiger partial charge >= 0.3 is 0 Å². The number of nitrogens with zero attached hydrogens (tertiary/aromatic N) is 2. The summed E-state index contributed by atoms with van der Waals surface area (Å²) in [6.45, 7) is 5.56. The van der Waals surface area contributed by atoms with Gasteiger partial charge in [0.25, 0.3) is 11.6 Å². The third-order valence-corrected chi connectivity index (χ3v) is 3.84. The molecule has 0 saturated heterocycles. The number of aromatic hydroxyl groups is 1. The number of benzene rings is 2. The number of ether oxygens (including phenoxy) is 2. The number of nitrogens with one attached hydrogen (secondary N) is 1. The first-order chi connectivity index (χ1) is 13.3. The predicted octanol–water partition coefficient (Wildman–Crippen LogP) is 2.85. The minimum Gasteiger partial charge on any atom is -0.504 e. The van der Waals surface area contributed by atoms with Crippen molar-refractivity contribution < 1.29 is 24.3 Å². The molecule has 0 radical (unpaired) electrons. The molecule has 0 aromatic heterocycles. The third-order valence-electron chi connectivity index (χ3n) is 3.84. The fraction of sp³-hybridized carbons (Fsp3) is 0.263. The first-order valence-corrected chi connectivity index (χ1v) is 8.48. The number of carbonyl (C=O) groups excluding carboxylic acids is 1. The van der Waals surface area contributed by atoms with E-state index in [0.717, 1.165) is 29.5 Å². The molecule has 28 heavy (non-hydrogen) atoms. The number of nitro benzene ring substituents is 1. The number of phenols is 1. The number of aryl methyl sites for hydroxylation is 2. The highest BCUT2D eigenvalue weighted by Crippen LogP contribution is 2.33. The molecule has 0 saturated carbocycles. The van der Waals surface area contributed by atoms with E-state index in [1.807, 2.05) is 26.0 Å². The number of hydrogen-bond acceptors (Lipinski definition) is 7. The molecule has 0 heterocycles. The average molecular weight is 387 g/mol. The molecule has 9 nitrogen and oxygen atoms in total. The molecule has 0 unspecified atom stereocenters. The minimum atomic E-state index is -0.616. The lowest BCUT2D eigenvalue weighted by atomic mass is 10.1. The van der Waals surface area contributed by atoms with Crippen LogP contribution in [0.3, 0.4) is 0 Å². The number of phenolic OH excluding ortho intramolecular Hbond substituents is 1. The molecule has 0 spiro atoms. The molecule has 148 valence electrons. The number of hydrazone groups is 1. The number of amides is 1. The van der Waals surface area contributed by atoms with E-state index in [0.29, 0.717) is 5.75 Å². The second kappa shape index (κ2) is 9.36. The van der Waals surface area contributed by atoms with Crippen LogP contribution in [0.1, 0.15) is 23.6 Å². The second-order valence-electron chi connectivity index (χ2n) is 5.90. The van der Waals surface area contributed by atoms with Gasteiger partial charge in [-0.2, -0.15) is 5.10 Å². The highest BCUT2D eigenvalue weighted by Gasteiger charge is 2.16. The molecule has 2 aromatic carbocycles. The summed E-state index contributed by atoms with van der Waals surface area (Å²) in [7, 11) is 0. The molecular weight excluding hydrogens is 366 g/mol. The first kappa shape index (κ1) is 20.7. The molecule has 0 bridgehead atoms. The van der Waals surface area contributed by atoms with Crippen molar-refractivity contribution in [3.8, 4) is 17.2 Å². The van der Waals surface area contributed by atoms with Gasteiger partial charge in [0.2, 0.25) is 0 Å². The molecule has 0 fully saturated rings. The molecule has 0 atom stereocenters. The Labute approximate surface area is 161 Å². The van der Waals surface area contributed by atoms with Crippen molar-refractivity contribution in [2.75, 3.05) is 13.2 Å². The topological polar surface area (TPSA) is 123 Å². The molecule has 2 rings (SSSR count). The van der Waals surface area contributed by atoms with Crippen LogP contribution in [0.15, 0.2) is 35.4 Å². The summed E-state index contributed by atoms with van der Waals surface area (Å²) >= 11 is 0. The Kier molecular flexibility index (Phi) is 6.91. The normalized spacial score (nSPS) is 10.7. The Hall–Kier alpha value is -3.62. The zero-order chi connectivity index (χ0) is 20.7. The summed E-state index contributed by atoms with van der Waals surface area (Å²) in [4.78, 5) is 22.2. The maximum Gasteiger partial charge on any atom is 0.277 e. The number of carbonyl (C=O) groups is 1. The van der Waals surface area contributed by atoms with E-state index in [1.165, 1.54) is 0 Å².